The van der Waals surface area contributed by atoms with E-state index in [4.69, 9.17) is 0 Å². The van der Waals surface area contributed by atoms with E-state index < -0.39 is 0 Å². The molecule has 0 radical (unpaired) electrons. The third-order valence-corrected chi connectivity index (χ3v) is 2.31. The molecular weight excluding hydrogens is 216 g/mol. The number of ether oxygens (including phenoxy) is 1. The molecule has 0 unspecified atom stereocenters. The Morgan fingerprint density at radius 3 is 2.59 bits per heavy atom. The Morgan fingerprint density at radius 1 is 1.24 bits per heavy atom. The second-order valence-electron chi connectivity index (χ2n) is 3.60. The molecule has 17 heavy (non-hydrogen) atoms. The first-order chi connectivity index (χ1) is 8.24. The minimum atomic E-state index is -0.215. The lowest BCUT2D eigenvalue weighted by Crippen LogP contribution is -1.98. The number of hydrogen-bond acceptors (Lipinski definition) is 3. The van der Waals surface area contributed by atoms with Crippen molar-refractivity contribution < 1.29 is 14.3 Å². The van der Waals surface area contributed by atoms with E-state index >= 15 is 0 Å². The molecule has 0 aromatic heterocycles. The van der Waals surface area contributed by atoms with Crippen LogP contribution in [0.4, 0.5) is 0 Å². The molecule has 0 aliphatic heterocycles. The first-order valence-electron chi connectivity index (χ1n) is 5.57. The van der Waals surface area contributed by atoms with Gasteiger partial charge in [-0.15, -0.1) is 0 Å². The number of allylic oxidation sites excluding steroid dienone is 2. The summed E-state index contributed by atoms with van der Waals surface area (Å²) in [5, 5.41) is 0. The number of methoxy groups -OCH3 is 1. The molecule has 1 rings (SSSR count). The molecular formula is C14H16O3. The van der Waals surface area contributed by atoms with Gasteiger partial charge in [-0.1, -0.05) is 36.4 Å². The summed E-state index contributed by atoms with van der Waals surface area (Å²) in [6.45, 7) is 0. The number of unbranched alkanes of at least 4 members (excludes halogenated alkanes) is 1. The van der Waals surface area contributed by atoms with E-state index in [9.17, 15) is 9.59 Å². The Morgan fingerprint density at radius 2 is 1.94 bits per heavy atom. The first-order valence-corrected chi connectivity index (χ1v) is 5.57. The molecule has 1 aromatic carbocycles. The van der Waals surface area contributed by atoms with Crippen molar-refractivity contribution in [1.82, 2.24) is 0 Å². The highest BCUT2D eigenvalue weighted by atomic mass is 16.5. The number of hydrogen-bond donors (Lipinski definition) is 0. The Labute approximate surface area is 101 Å². The van der Waals surface area contributed by atoms with Gasteiger partial charge in [0.05, 0.1) is 7.11 Å². The molecule has 3 heteroatoms. The van der Waals surface area contributed by atoms with E-state index in [0.29, 0.717) is 24.8 Å². The zero-order valence-electron chi connectivity index (χ0n) is 9.89. The fourth-order valence-corrected chi connectivity index (χ4v) is 1.36. The summed E-state index contributed by atoms with van der Waals surface area (Å²) in [6, 6.07) is 9.09. The largest absolute Gasteiger partial charge is 0.469 e. The van der Waals surface area contributed by atoms with Crippen LogP contribution in [0.3, 0.4) is 0 Å². The van der Waals surface area contributed by atoms with Crippen LogP contribution in [0.2, 0.25) is 0 Å². The number of benzene rings is 1. The van der Waals surface area contributed by atoms with E-state index in [1.54, 1.807) is 24.3 Å². The molecule has 0 heterocycles. The van der Waals surface area contributed by atoms with E-state index in [2.05, 4.69) is 4.74 Å². The van der Waals surface area contributed by atoms with Crippen LogP contribution in [0, 0.1) is 0 Å². The maximum Gasteiger partial charge on any atom is 0.305 e. The minimum Gasteiger partial charge on any atom is -0.469 e. The van der Waals surface area contributed by atoms with Gasteiger partial charge >= 0.3 is 5.97 Å². The van der Waals surface area contributed by atoms with Gasteiger partial charge in [0.25, 0.3) is 0 Å². The van der Waals surface area contributed by atoms with Gasteiger partial charge in [-0.3, -0.25) is 9.59 Å². The van der Waals surface area contributed by atoms with E-state index in [1.807, 2.05) is 18.2 Å². The second-order valence-corrected chi connectivity index (χ2v) is 3.60. The van der Waals surface area contributed by atoms with Crippen LogP contribution in [0.5, 0.6) is 0 Å². The molecule has 1 aromatic rings. The predicted molar refractivity (Wildman–Crippen MR) is 65.8 cm³/mol. The molecule has 3 nitrogen and oxygen atoms in total. The molecule has 0 amide bonds. The average molecular weight is 232 g/mol. The summed E-state index contributed by atoms with van der Waals surface area (Å²) in [5.41, 5.74) is 0.678. The Kier molecular flexibility index (Phi) is 5.72. The van der Waals surface area contributed by atoms with Crippen molar-refractivity contribution in [3.05, 3.63) is 48.0 Å². The monoisotopic (exact) mass is 232 g/mol. The second kappa shape index (κ2) is 7.39. The first kappa shape index (κ1) is 13.2. The molecule has 0 bridgehead atoms. The minimum absolute atomic E-state index is 0.0105. The molecule has 0 spiro atoms. The van der Waals surface area contributed by atoms with Gasteiger partial charge in [0, 0.05) is 12.0 Å². The summed E-state index contributed by atoms with van der Waals surface area (Å²) < 4.78 is 4.52. The van der Waals surface area contributed by atoms with Crippen LogP contribution in [-0.2, 0) is 9.53 Å². The lowest BCUT2D eigenvalue weighted by molar-refractivity contribution is -0.140. The Bertz CT molecular complexity index is 393. The summed E-state index contributed by atoms with van der Waals surface area (Å²) in [5.74, 6) is -0.226. The molecule has 0 saturated carbocycles. The number of esters is 1. The molecule has 0 saturated heterocycles. The summed E-state index contributed by atoms with van der Waals surface area (Å²) in [6.07, 6.45) is 5.13. The SMILES string of the molecule is COC(=O)CCCC=CC(=O)c1ccccc1. The van der Waals surface area contributed by atoms with Gasteiger partial charge in [0.2, 0.25) is 0 Å². The summed E-state index contributed by atoms with van der Waals surface area (Å²) in [7, 11) is 1.37. The highest BCUT2D eigenvalue weighted by molar-refractivity contribution is 6.04. The van der Waals surface area contributed by atoms with E-state index in [-0.39, 0.29) is 11.8 Å². The topological polar surface area (TPSA) is 43.4 Å². The smallest absolute Gasteiger partial charge is 0.305 e. The highest BCUT2D eigenvalue weighted by Gasteiger charge is 2.00. The fourth-order valence-electron chi connectivity index (χ4n) is 1.36. The molecule has 0 fully saturated rings. The molecule has 90 valence electrons. The van der Waals surface area contributed by atoms with E-state index in [0.717, 1.165) is 0 Å². The van der Waals surface area contributed by atoms with Crippen molar-refractivity contribution in [2.24, 2.45) is 0 Å². The number of ketones is 1. The summed E-state index contributed by atoms with van der Waals surface area (Å²) in [4.78, 5) is 22.4. The maximum atomic E-state index is 11.6. The van der Waals surface area contributed by atoms with Gasteiger partial charge < -0.3 is 4.74 Å². The van der Waals surface area contributed by atoms with Crippen LogP contribution in [-0.4, -0.2) is 18.9 Å². The van der Waals surface area contributed by atoms with Crippen LogP contribution < -0.4 is 0 Å². The normalized spacial score (nSPS) is 10.4. The fraction of sp³-hybridized carbons (Fsp3) is 0.286. The van der Waals surface area contributed by atoms with Gasteiger partial charge in [-0.2, -0.15) is 0 Å². The van der Waals surface area contributed by atoms with Gasteiger partial charge in [-0.05, 0) is 18.9 Å². The Balaban J connectivity index is 2.30. The van der Waals surface area contributed by atoms with Gasteiger partial charge in [0.15, 0.2) is 5.78 Å². The van der Waals surface area contributed by atoms with Crippen LogP contribution >= 0.6 is 0 Å². The number of carbonyl (C=O) groups excluding carboxylic acids is 2. The number of carbonyl (C=O) groups is 2. The Hall–Kier alpha value is -1.90. The average Bonchev–Trinajstić information content (AvgIpc) is 2.38. The van der Waals surface area contributed by atoms with Crippen LogP contribution in [0.25, 0.3) is 0 Å². The predicted octanol–water partition coefficient (Wildman–Crippen LogP) is 2.77. The third kappa shape index (κ3) is 5.11. The van der Waals surface area contributed by atoms with E-state index in [1.165, 1.54) is 7.11 Å². The third-order valence-electron chi connectivity index (χ3n) is 2.31. The van der Waals surface area contributed by atoms with Crippen molar-refractivity contribution in [2.45, 2.75) is 19.3 Å². The summed E-state index contributed by atoms with van der Waals surface area (Å²) >= 11 is 0. The lowest BCUT2D eigenvalue weighted by Gasteiger charge is -1.96. The molecule has 0 N–H and O–H groups in total. The van der Waals surface area contributed by atoms with Crippen LogP contribution in [0.15, 0.2) is 42.5 Å². The van der Waals surface area contributed by atoms with Gasteiger partial charge in [-0.25, -0.2) is 0 Å². The maximum absolute atomic E-state index is 11.6. The molecule has 0 aliphatic carbocycles. The molecule has 0 aliphatic rings. The van der Waals surface area contributed by atoms with Crippen molar-refractivity contribution in [1.29, 1.82) is 0 Å². The zero-order valence-corrected chi connectivity index (χ0v) is 9.89. The van der Waals surface area contributed by atoms with Crippen LogP contribution in [0.1, 0.15) is 29.6 Å². The standard InChI is InChI=1S/C14H16O3/c1-17-14(16)11-7-3-6-10-13(15)12-8-4-2-5-9-12/h2,4-6,8-10H,3,7,11H2,1H3. The van der Waals surface area contributed by atoms with Gasteiger partial charge in [0.1, 0.15) is 0 Å². The number of rotatable bonds is 6. The van der Waals surface area contributed by atoms with Crippen molar-refractivity contribution in [3.8, 4) is 0 Å². The lowest BCUT2D eigenvalue weighted by atomic mass is 10.1. The quantitative estimate of drug-likeness (QED) is 0.328. The highest BCUT2D eigenvalue weighted by Crippen LogP contribution is 2.03. The van der Waals surface area contributed by atoms with Crippen molar-refractivity contribution in [2.75, 3.05) is 7.11 Å². The zero-order chi connectivity index (χ0) is 12.5. The van der Waals surface area contributed by atoms with Crippen molar-refractivity contribution in [3.63, 3.8) is 0 Å². The molecule has 0 atom stereocenters. The van der Waals surface area contributed by atoms with Crippen molar-refractivity contribution >= 4 is 11.8 Å².